The zero-order chi connectivity index (χ0) is 19.9. The molecular formula is C17H14F3N5O2S. The Morgan fingerprint density at radius 2 is 1.93 bits per heavy atom. The average Bonchev–Trinajstić information content (AvgIpc) is 3.17. The van der Waals surface area contributed by atoms with E-state index in [0.717, 1.165) is 18.3 Å². The number of hydrogen-bond donors (Lipinski definition) is 0. The summed E-state index contributed by atoms with van der Waals surface area (Å²) in [6.45, 7) is 0.724. The van der Waals surface area contributed by atoms with Crippen LogP contribution >= 0.6 is 11.3 Å². The Morgan fingerprint density at radius 3 is 2.57 bits per heavy atom. The van der Waals surface area contributed by atoms with E-state index in [4.69, 9.17) is 0 Å². The van der Waals surface area contributed by atoms with Gasteiger partial charge in [0.15, 0.2) is 0 Å². The molecule has 7 nitrogen and oxygen atoms in total. The summed E-state index contributed by atoms with van der Waals surface area (Å²) in [6, 6.07) is 3.48. The van der Waals surface area contributed by atoms with Gasteiger partial charge in [-0.3, -0.25) is 14.6 Å². The quantitative estimate of drug-likeness (QED) is 0.650. The van der Waals surface area contributed by atoms with Gasteiger partial charge >= 0.3 is 6.18 Å². The van der Waals surface area contributed by atoms with Gasteiger partial charge in [-0.2, -0.15) is 13.2 Å². The second kappa shape index (κ2) is 6.97. The van der Waals surface area contributed by atoms with E-state index in [9.17, 15) is 22.8 Å². The number of fused-ring (bicyclic) bond motifs is 1. The molecule has 4 rings (SSSR count). The molecule has 3 aromatic rings. The van der Waals surface area contributed by atoms with E-state index < -0.39 is 11.9 Å². The number of carbonyl (C=O) groups is 1. The number of carbonyl (C=O) groups excluding carboxylic acids is 1. The SMILES string of the molecule is O=C(c1ccc(C(F)(F)F)nc1)N1CCC(n2nnc3ccsc3c2=O)CC1. The van der Waals surface area contributed by atoms with Gasteiger partial charge in [0.25, 0.3) is 11.5 Å². The largest absolute Gasteiger partial charge is 0.433 e. The van der Waals surface area contributed by atoms with Gasteiger partial charge in [-0.1, -0.05) is 5.21 Å². The molecule has 0 aliphatic carbocycles. The van der Waals surface area contributed by atoms with E-state index >= 15 is 0 Å². The van der Waals surface area contributed by atoms with Crippen molar-refractivity contribution in [3.05, 3.63) is 51.4 Å². The summed E-state index contributed by atoms with van der Waals surface area (Å²) in [5, 5.41) is 9.84. The topological polar surface area (TPSA) is 81.0 Å². The minimum Gasteiger partial charge on any atom is -0.338 e. The number of likely N-dealkylation sites (tertiary alicyclic amines) is 1. The number of piperidine rings is 1. The van der Waals surface area contributed by atoms with Crippen LogP contribution < -0.4 is 5.56 Å². The number of thiophene rings is 1. The molecule has 0 N–H and O–H groups in total. The molecule has 0 atom stereocenters. The van der Waals surface area contributed by atoms with Crippen molar-refractivity contribution in [2.24, 2.45) is 0 Å². The molecule has 1 fully saturated rings. The number of hydrogen-bond acceptors (Lipinski definition) is 6. The van der Waals surface area contributed by atoms with E-state index in [1.54, 1.807) is 16.3 Å². The first-order chi connectivity index (χ1) is 13.3. The Hall–Kier alpha value is -2.82. The third-order valence-corrected chi connectivity index (χ3v) is 5.59. The Balaban J connectivity index is 1.45. The third kappa shape index (κ3) is 3.37. The van der Waals surface area contributed by atoms with Gasteiger partial charge in [-0.15, -0.1) is 16.4 Å². The van der Waals surface area contributed by atoms with Crippen LogP contribution in [0, 0.1) is 0 Å². The van der Waals surface area contributed by atoms with Gasteiger partial charge in [0.1, 0.15) is 15.9 Å². The van der Waals surface area contributed by atoms with Crippen LogP contribution in [0.15, 0.2) is 34.6 Å². The summed E-state index contributed by atoms with van der Waals surface area (Å²) in [5.41, 5.74) is -0.571. The number of aromatic nitrogens is 4. The van der Waals surface area contributed by atoms with E-state index in [1.165, 1.54) is 16.0 Å². The Bertz CT molecular complexity index is 1070. The average molecular weight is 409 g/mol. The van der Waals surface area contributed by atoms with Gasteiger partial charge in [0, 0.05) is 19.3 Å². The zero-order valence-electron chi connectivity index (χ0n) is 14.4. The molecule has 0 radical (unpaired) electrons. The summed E-state index contributed by atoms with van der Waals surface area (Å²) in [6.07, 6.45) is -2.59. The maximum absolute atomic E-state index is 12.6. The zero-order valence-corrected chi connectivity index (χ0v) is 15.2. The lowest BCUT2D eigenvalue weighted by atomic mass is 10.0. The van der Waals surface area contributed by atoms with Crippen molar-refractivity contribution in [3.8, 4) is 0 Å². The predicted molar refractivity (Wildman–Crippen MR) is 95.1 cm³/mol. The van der Waals surface area contributed by atoms with Crippen LogP contribution in [-0.4, -0.2) is 43.9 Å². The standard InChI is InChI=1S/C17H14F3N5O2S/c18-17(19,20)13-2-1-10(9-21-13)15(26)24-6-3-11(4-7-24)25-16(27)14-12(22-23-25)5-8-28-14/h1-2,5,8-9,11H,3-4,6-7H2. The number of alkyl halides is 3. The first-order valence-corrected chi connectivity index (χ1v) is 9.38. The van der Waals surface area contributed by atoms with Crippen molar-refractivity contribution < 1.29 is 18.0 Å². The van der Waals surface area contributed by atoms with Crippen LogP contribution in [-0.2, 0) is 6.18 Å². The van der Waals surface area contributed by atoms with Crippen LogP contribution in [0.4, 0.5) is 13.2 Å². The molecule has 11 heteroatoms. The number of nitrogens with zero attached hydrogens (tertiary/aromatic N) is 5. The van der Waals surface area contributed by atoms with E-state index in [0.29, 0.717) is 36.1 Å². The molecule has 28 heavy (non-hydrogen) atoms. The lowest BCUT2D eigenvalue weighted by Gasteiger charge is -2.32. The van der Waals surface area contributed by atoms with Crippen LogP contribution in [0.2, 0.25) is 0 Å². The highest BCUT2D eigenvalue weighted by Gasteiger charge is 2.33. The number of halogens is 3. The summed E-state index contributed by atoms with van der Waals surface area (Å²) >= 11 is 1.31. The Kier molecular flexibility index (Phi) is 4.61. The molecular weight excluding hydrogens is 395 g/mol. The van der Waals surface area contributed by atoms with Gasteiger partial charge in [-0.05, 0) is 36.4 Å². The Labute approximate surface area is 160 Å². The van der Waals surface area contributed by atoms with E-state index in [2.05, 4.69) is 15.3 Å². The molecule has 0 spiro atoms. The van der Waals surface area contributed by atoms with Crippen LogP contribution in [0.25, 0.3) is 10.2 Å². The highest BCUT2D eigenvalue weighted by atomic mass is 32.1. The second-order valence-corrected chi connectivity index (χ2v) is 7.34. The molecule has 3 aromatic heterocycles. The first kappa shape index (κ1) is 18.5. The molecule has 0 bridgehead atoms. The minimum atomic E-state index is -4.54. The van der Waals surface area contributed by atoms with E-state index in [1.807, 2.05) is 0 Å². The molecule has 0 unspecified atom stereocenters. The molecule has 146 valence electrons. The fraction of sp³-hybridized carbons (Fsp3) is 0.353. The number of amides is 1. The minimum absolute atomic E-state index is 0.100. The van der Waals surface area contributed by atoms with Gasteiger partial charge < -0.3 is 4.90 Å². The summed E-state index contributed by atoms with van der Waals surface area (Å²) in [5.74, 6) is -0.383. The third-order valence-electron chi connectivity index (χ3n) is 4.69. The molecule has 0 saturated carbocycles. The van der Waals surface area contributed by atoms with Crippen molar-refractivity contribution in [2.45, 2.75) is 25.1 Å². The molecule has 0 aromatic carbocycles. The predicted octanol–water partition coefficient (Wildman–Crippen LogP) is 2.74. The van der Waals surface area contributed by atoms with Crippen LogP contribution in [0.1, 0.15) is 34.9 Å². The van der Waals surface area contributed by atoms with Crippen LogP contribution in [0.3, 0.4) is 0 Å². The van der Waals surface area contributed by atoms with Crippen molar-refractivity contribution in [1.82, 2.24) is 24.9 Å². The summed E-state index contributed by atoms with van der Waals surface area (Å²) in [4.78, 5) is 29.9. The van der Waals surface area contributed by atoms with Crippen LogP contribution in [0.5, 0.6) is 0 Å². The lowest BCUT2D eigenvalue weighted by molar-refractivity contribution is -0.141. The molecule has 1 aliphatic rings. The highest BCUT2D eigenvalue weighted by molar-refractivity contribution is 7.17. The van der Waals surface area contributed by atoms with Gasteiger partial charge in [0.2, 0.25) is 0 Å². The summed E-state index contributed by atoms with van der Waals surface area (Å²) in [7, 11) is 0. The first-order valence-electron chi connectivity index (χ1n) is 8.50. The van der Waals surface area contributed by atoms with E-state index in [-0.39, 0.29) is 23.1 Å². The number of rotatable bonds is 2. The maximum Gasteiger partial charge on any atom is 0.433 e. The molecule has 1 amide bonds. The smallest absolute Gasteiger partial charge is 0.338 e. The monoisotopic (exact) mass is 409 g/mol. The lowest BCUT2D eigenvalue weighted by Crippen LogP contribution is -2.41. The second-order valence-electron chi connectivity index (χ2n) is 6.43. The number of pyridine rings is 1. The molecule has 4 heterocycles. The van der Waals surface area contributed by atoms with Crippen molar-refractivity contribution in [1.29, 1.82) is 0 Å². The Morgan fingerprint density at radius 1 is 1.18 bits per heavy atom. The molecule has 1 aliphatic heterocycles. The maximum atomic E-state index is 12.6. The van der Waals surface area contributed by atoms with Gasteiger partial charge in [0.05, 0.1) is 11.6 Å². The van der Waals surface area contributed by atoms with Crippen molar-refractivity contribution >= 4 is 27.5 Å². The van der Waals surface area contributed by atoms with Crippen molar-refractivity contribution in [2.75, 3.05) is 13.1 Å². The molecule has 1 saturated heterocycles. The highest BCUT2D eigenvalue weighted by Crippen LogP contribution is 2.28. The van der Waals surface area contributed by atoms with Gasteiger partial charge in [-0.25, -0.2) is 4.68 Å². The fourth-order valence-electron chi connectivity index (χ4n) is 3.21. The van der Waals surface area contributed by atoms with Crippen molar-refractivity contribution in [3.63, 3.8) is 0 Å². The summed E-state index contributed by atoms with van der Waals surface area (Å²) < 4.78 is 39.7. The fourth-order valence-corrected chi connectivity index (χ4v) is 3.96. The normalized spacial score (nSPS) is 15.9.